The number of hydrogen-bond acceptors (Lipinski definition) is 3. The predicted molar refractivity (Wildman–Crippen MR) is 89.9 cm³/mol. The van der Waals surface area contributed by atoms with E-state index in [4.69, 9.17) is 9.15 Å². The van der Waals surface area contributed by atoms with Crippen molar-refractivity contribution in [3.63, 3.8) is 0 Å². The van der Waals surface area contributed by atoms with E-state index in [2.05, 4.69) is 31.9 Å². The van der Waals surface area contributed by atoms with Crippen LogP contribution < -0.4 is 10.4 Å². The molecule has 21 heavy (non-hydrogen) atoms. The first-order valence-corrected chi connectivity index (χ1v) is 7.74. The van der Waals surface area contributed by atoms with Crippen molar-refractivity contribution in [3.8, 4) is 16.9 Å². The molecule has 2 aromatic carbocycles. The molecule has 0 saturated heterocycles. The van der Waals surface area contributed by atoms with E-state index < -0.39 is 0 Å². The first-order valence-electron chi connectivity index (χ1n) is 6.16. The van der Waals surface area contributed by atoms with Crippen molar-refractivity contribution in [1.82, 2.24) is 0 Å². The molecule has 0 saturated carbocycles. The van der Waals surface area contributed by atoms with Crippen molar-refractivity contribution in [3.05, 3.63) is 61.8 Å². The number of ether oxygens (including phenoxy) is 1. The van der Waals surface area contributed by atoms with Gasteiger partial charge in [0.05, 0.1) is 11.6 Å². The SMILES string of the molecule is COc1ccc(-c2cc(=O)oc3c(Br)cc(Br)cc23)cc1. The van der Waals surface area contributed by atoms with Crippen LogP contribution in [-0.2, 0) is 0 Å². The van der Waals surface area contributed by atoms with E-state index in [9.17, 15) is 4.79 Å². The largest absolute Gasteiger partial charge is 0.497 e. The number of halogens is 2. The lowest BCUT2D eigenvalue weighted by atomic mass is 10.0. The van der Waals surface area contributed by atoms with Gasteiger partial charge >= 0.3 is 5.63 Å². The molecule has 0 bridgehead atoms. The second-order valence-corrected chi connectivity index (χ2v) is 6.24. The smallest absolute Gasteiger partial charge is 0.336 e. The molecule has 3 rings (SSSR count). The van der Waals surface area contributed by atoms with Crippen LogP contribution in [0.25, 0.3) is 22.1 Å². The van der Waals surface area contributed by atoms with Crippen LogP contribution in [0.1, 0.15) is 0 Å². The lowest BCUT2D eigenvalue weighted by molar-refractivity contribution is 0.415. The molecule has 5 heteroatoms. The Labute approximate surface area is 137 Å². The van der Waals surface area contributed by atoms with Gasteiger partial charge in [-0.15, -0.1) is 0 Å². The average molecular weight is 410 g/mol. The van der Waals surface area contributed by atoms with Crippen LogP contribution in [0.4, 0.5) is 0 Å². The predicted octanol–water partition coefficient (Wildman–Crippen LogP) is 4.99. The molecule has 0 aliphatic heterocycles. The van der Waals surface area contributed by atoms with E-state index >= 15 is 0 Å². The van der Waals surface area contributed by atoms with Crippen molar-refractivity contribution in [2.24, 2.45) is 0 Å². The topological polar surface area (TPSA) is 39.4 Å². The van der Waals surface area contributed by atoms with E-state index in [0.717, 1.165) is 31.2 Å². The second kappa shape index (κ2) is 5.66. The number of hydrogen-bond donors (Lipinski definition) is 0. The molecule has 0 fully saturated rings. The monoisotopic (exact) mass is 408 g/mol. The van der Waals surface area contributed by atoms with Gasteiger partial charge in [-0.2, -0.15) is 0 Å². The first-order chi connectivity index (χ1) is 10.1. The molecule has 1 aromatic heterocycles. The van der Waals surface area contributed by atoms with Gasteiger partial charge in [0.25, 0.3) is 0 Å². The van der Waals surface area contributed by atoms with Crippen molar-refractivity contribution in [2.45, 2.75) is 0 Å². The zero-order valence-corrected chi connectivity index (χ0v) is 14.2. The Bertz CT molecular complexity index is 867. The molecule has 106 valence electrons. The molecule has 0 unspecified atom stereocenters. The van der Waals surface area contributed by atoms with Gasteiger partial charge in [0.1, 0.15) is 5.75 Å². The zero-order chi connectivity index (χ0) is 15.0. The number of benzene rings is 2. The quantitative estimate of drug-likeness (QED) is 0.559. The number of rotatable bonds is 2. The minimum Gasteiger partial charge on any atom is -0.497 e. The summed E-state index contributed by atoms with van der Waals surface area (Å²) in [5.41, 5.74) is 1.91. The Kier molecular flexibility index (Phi) is 3.87. The van der Waals surface area contributed by atoms with Gasteiger partial charge in [-0.05, 0) is 51.3 Å². The molecule has 0 amide bonds. The average Bonchev–Trinajstić information content (AvgIpc) is 2.47. The molecule has 0 radical (unpaired) electrons. The van der Waals surface area contributed by atoms with Crippen LogP contribution in [0, 0.1) is 0 Å². The highest BCUT2D eigenvalue weighted by Crippen LogP contribution is 2.34. The van der Waals surface area contributed by atoms with Gasteiger partial charge < -0.3 is 9.15 Å². The summed E-state index contributed by atoms with van der Waals surface area (Å²) >= 11 is 6.89. The molecule has 0 spiro atoms. The first kappa shape index (κ1) is 14.4. The van der Waals surface area contributed by atoms with Crippen molar-refractivity contribution in [2.75, 3.05) is 7.11 Å². The highest BCUT2D eigenvalue weighted by Gasteiger charge is 2.11. The van der Waals surface area contributed by atoms with E-state index in [1.54, 1.807) is 7.11 Å². The number of fused-ring (bicyclic) bond motifs is 1. The molecule has 0 aliphatic rings. The van der Waals surface area contributed by atoms with E-state index in [0.29, 0.717) is 5.58 Å². The van der Waals surface area contributed by atoms with Gasteiger partial charge in [-0.25, -0.2) is 4.79 Å². The number of methoxy groups -OCH3 is 1. The Morgan fingerprint density at radius 3 is 2.43 bits per heavy atom. The Morgan fingerprint density at radius 1 is 1.05 bits per heavy atom. The van der Waals surface area contributed by atoms with Crippen LogP contribution in [-0.4, -0.2) is 7.11 Å². The Morgan fingerprint density at radius 2 is 1.76 bits per heavy atom. The van der Waals surface area contributed by atoms with Gasteiger partial charge in [-0.1, -0.05) is 28.1 Å². The van der Waals surface area contributed by atoms with Crippen LogP contribution >= 0.6 is 31.9 Å². The fourth-order valence-electron chi connectivity index (χ4n) is 2.20. The van der Waals surface area contributed by atoms with E-state index in [-0.39, 0.29) is 5.63 Å². The third-order valence-electron chi connectivity index (χ3n) is 3.16. The molecule has 3 aromatic rings. The summed E-state index contributed by atoms with van der Waals surface area (Å²) in [4.78, 5) is 11.8. The Balaban J connectivity index is 2.32. The van der Waals surface area contributed by atoms with Crippen molar-refractivity contribution in [1.29, 1.82) is 0 Å². The van der Waals surface area contributed by atoms with Crippen LogP contribution in [0.15, 0.2) is 60.6 Å². The summed E-state index contributed by atoms with van der Waals surface area (Å²) in [6, 6.07) is 12.9. The minimum atomic E-state index is -0.378. The van der Waals surface area contributed by atoms with Crippen molar-refractivity contribution < 1.29 is 9.15 Å². The summed E-state index contributed by atoms with van der Waals surface area (Å²) in [6.07, 6.45) is 0. The third-order valence-corrected chi connectivity index (χ3v) is 4.21. The lowest BCUT2D eigenvalue weighted by Crippen LogP contribution is -1.98. The molecule has 1 heterocycles. The van der Waals surface area contributed by atoms with Crippen LogP contribution in [0.3, 0.4) is 0 Å². The highest BCUT2D eigenvalue weighted by molar-refractivity contribution is 9.11. The fourth-order valence-corrected chi connectivity index (χ4v) is 3.51. The molecule has 0 atom stereocenters. The maximum Gasteiger partial charge on any atom is 0.336 e. The molecule has 3 nitrogen and oxygen atoms in total. The highest BCUT2D eigenvalue weighted by atomic mass is 79.9. The van der Waals surface area contributed by atoms with Crippen LogP contribution in [0.5, 0.6) is 5.75 Å². The maximum absolute atomic E-state index is 11.8. The van der Waals surface area contributed by atoms with Crippen molar-refractivity contribution >= 4 is 42.8 Å². The summed E-state index contributed by atoms with van der Waals surface area (Å²) in [6.45, 7) is 0. The Hall–Kier alpha value is -1.59. The molecular formula is C16H10Br2O3. The lowest BCUT2D eigenvalue weighted by Gasteiger charge is -2.08. The van der Waals surface area contributed by atoms with Gasteiger partial charge in [0.15, 0.2) is 5.58 Å². The fraction of sp³-hybridized carbons (Fsp3) is 0.0625. The second-order valence-electron chi connectivity index (χ2n) is 4.47. The molecule has 0 aliphatic carbocycles. The van der Waals surface area contributed by atoms with E-state index in [1.807, 2.05) is 36.4 Å². The zero-order valence-electron chi connectivity index (χ0n) is 11.0. The van der Waals surface area contributed by atoms with Gasteiger partial charge in [0.2, 0.25) is 0 Å². The van der Waals surface area contributed by atoms with E-state index in [1.165, 1.54) is 6.07 Å². The third kappa shape index (κ3) is 2.76. The summed E-state index contributed by atoms with van der Waals surface area (Å²) < 4.78 is 12.1. The van der Waals surface area contributed by atoms with Gasteiger partial charge in [0, 0.05) is 15.9 Å². The summed E-state index contributed by atoms with van der Waals surface area (Å²) in [5.74, 6) is 0.772. The molecular weight excluding hydrogens is 400 g/mol. The summed E-state index contributed by atoms with van der Waals surface area (Å²) in [7, 11) is 1.62. The maximum atomic E-state index is 11.8. The standard InChI is InChI=1S/C16H10Br2O3/c1-20-11-4-2-9(3-5-11)12-8-15(19)21-16-13(12)6-10(17)7-14(16)18/h2-8H,1H3. The van der Waals surface area contributed by atoms with Gasteiger partial charge in [-0.3, -0.25) is 0 Å². The summed E-state index contributed by atoms with van der Waals surface area (Å²) in [5, 5.41) is 0.862. The van der Waals surface area contributed by atoms with Crippen LogP contribution in [0.2, 0.25) is 0 Å². The normalized spacial score (nSPS) is 10.8. The minimum absolute atomic E-state index is 0.378. The molecule has 0 N–H and O–H groups in total.